The first-order valence-electron chi connectivity index (χ1n) is 5.43. The summed E-state index contributed by atoms with van der Waals surface area (Å²) in [6.45, 7) is 2.21. The molecule has 1 aromatic rings. The van der Waals surface area contributed by atoms with Crippen LogP contribution >= 0.6 is 0 Å². The lowest BCUT2D eigenvalue weighted by Crippen LogP contribution is -2.40. The lowest BCUT2D eigenvalue weighted by molar-refractivity contribution is 0.199. The quantitative estimate of drug-likeness (QED) is 0.874. The summed E-state index contributed by atoms with van der Waals surface area (Å²) in [6, 6.07) is 3.80. The van der Waals surface area contributed by atoms with Gasteiger partial charge in [0.2, 0.25) is 10.0 Å². The number of sulfonamides is 1. The molecular weight excluding hydrogens is 245 g/mol. The molecule has 0 amide bonds. The van der Waals surface area contributed by atoms with Crippen LogP contribution in [0.2, 0.25) is 0 Å². The molecule has 1 heterocycles. The highest BCUT2D eigenvalue weighted by Gasteiger charge is 2.34. The van der Waals surface area contributed by atoms with E-state index in [1.807, 2.05) is 6.92 Å². The maximum atomic E-state index is 13.1. The van der Waals surface area contributed by atoms with E-state index in [-0.39, 0.29) is 5.75 Å². The Bertz CT molecular complexity index is 530. The van der Waals surface area contributed by atoms with Gasteiger partial charge in [-0.3, -0.25) is 4.31 Å². The standard InChI is InChI=1S/C11H14FNO3S/c1-2-5-13-10-4-3-8(12)6-9(10)11(14)7-17(13,15)16/h3-4,6,11,14H,2,5,7H2,1H3/t11-/m0/s1. The Kier molecular flexibility index (Phi) is 3.09. The molecule has 0 radical (unpaired) electrons. The van der Waals surface area contributed by atoms with Crippen LogP contribution in [0, 0.1) is 5.82 Å². The van der Waals surface area contributed by atoms with E-state index in [0.717, 1.165) is 0 Å². The largest absolute Gasteiger partial charge is 0.387 e. The van der Waals surface area contributed by atoms with Gasteiger partial charge in [0.15, 0.2) is 0 Å². The highest BCUT2D eigenvalue weighted by atomic mass is 32.2. The van der Waals surface area contributed by atoms with Gasteiger partial charge >= 0.3 is 0 Å². The Balaban J connectivity index is 2.57. The van der Waals surface area contributed by atoms with Crippen molar-refractivity contribution in [1.82, 2.24) is 0 Å². The predicted octanol–water partition coefficient (Wildman–Crippen LogP) is 1.42. The summed E-state index contributed by atoms with van der Waals surface area (Å²) in [4.78, 5) is 0. The van der Waals surface area contributed by atoms with Crippen LogP contribution in [-0.2, 0) is 10.0 Å². The van der Waals surface area contributed by atoms with E-state index in [9.17, 15) is 17.9 Å². The first kappa shape index (κ1) is 12.3. The van der Waals surface area contributed by atoms with Crippen LogP contribution in [0.15, 0.2) is 18.2 Å². The predicted molar refractivity (Wildman–Crippen MR) is 62.8 cm³/mol. The minimum absolute atomic E-state index is 0.341. The second kappa shape index (κ2) is 4.27. The molecule has 0 bridgehead atoms. The molecule has 0 saturated heterocycles. The monoisotopic (exact) mass is 259 g/mol. The summed E-state index contributed by atoms with van der Waals surface area (Å²) in [7, 11) is -3.50. The zero-order valence-corrected chi connectivity index (χ0v) is 10.2. The Morgan fingerprint density at radius 3 is 2.88 bits per heavy atom. The van der Waals surface area contributed by atoms with Crippen molar-refractivity contribution in [3.8, 4) is 0 Å². The highest BCUT2D eigenvalue weighted by molar-refractivity contribution is 7.92. The van der Waals surface area contributed by atoms with E-state index in [0.29, 0.717) is 24.2 Å². The van der Waals surface area contributed by atoms with Gasteiger partial charge in [-0.05, 0) is 24.6 Å². The van der Waals surface area contributed by atoms with Gasteiger partial charge in [-0.2, -0.15) is 0 Å². The fraction of sp³-hybridized carbons (Fsp3) is 0.455. The zero-order valence-electron chi connectivity index (χ0n) is 9.43. The Hall–Kier alpha value is -1.14. The van der Waals surface area contributed by atoms with Gasteiger partial charge in [-0.1, -0.05) is 6.92 Å². The van der Waals surface area contributed by atoms with Crippen molar-refractivity contribution in [1.29, 1.82) is 0 Å². The maximum Gasteiger partial charge on any atom is 0.238 e. The molecule has 0 unspecified atom stereocenters. The molecule has 0 aromatic heterocycles. The molecule has 1 N–H and O–H groups in total. The van der Waals surface area contributed by atoms with Crippen LogP contribution in [-0.4, -0.2) is 25.8 Å². The second-order valence-corrected chi connectivity index (χ2v) is 6.01. The maximum absolute atomic E-state index is 13.1. The van der Waals surface area contributed by atoms with E-state index >= 15 is 0 Å². The number of rotatable bonds is 2. The van der Waals surface area contributed by atoms with Crippen LogP contribution in [0.3, 0.4) is 0 Å². The first-order valence-corrected chi connectivity index (χ1v) is 7.04. The molecule has 0 aliphatic carbocycles. The molecule has 1 aliphatic rings. The number of halogens is 1. The van der Waals surface area contributed by atoms with E-state index in [4.69, 9.17) is 0 Å². The van der Waals surface area contributed by atoms with Gasteiger partial charge in [0.05, 0.1) is 17.5 Å². The Labute approximate surface area is 99.7 Å². The molecule has 2 rings (SSSR count). The van der Waals surface area contributed by atoms with Crippen molar-refractivity contribution in [2.24, 2.45) is 0 Å². The van der Waals surface area contributed by atoms with Crippen LogP contribution in [0.1, 0.15) is 25.0 Å². The number of nitrogens with zero attached hydrogens (tertiary/aromatic N) is 1. The normalized spacial score (nSPS) is 22.3. The lowest BCUT2D eigenvalue weighted by atomic mass is 10.1. The van der Waals surface area contributed by atoms with Crippen molar-refractivity contribution in [2.45, 2.75) is 19.4 Å². The Morgan fingerprint density at radius 2 is 2.24 bits per heavy atom. The van der Waals surface area contributed by atoms with Gasteiger partial charge in [0, 0.05) is 12.1 Å². The molecule has 1 atom stereocenters. The summed E-state index contributed by atoms with van der Waals surface area (Å²) in [5, 5.41) is 9.73. The van der Waals surface area contributed by atoms with Crippen LogP contribution in [0.25, 0.3) is 0 Å². The van der Waals surface area contributed by atoms with Crippen molar-refractivity contribution >= 4 is 15.7 Å². The smallest absolute Gasteiger partial charge is 0.238 e. The first-order chi connectivity index (χ1) is 7.95. The minimum atomic E-state index is -3.50. The van der Waals surface area contributed by atoms with Gasteiger partial charge in [-0.15, -0.1) is 0 Å². The number of fused-ring (bicyclic) bond motifs is 1. The topological polar surface area (TPSA) is 57.6 Å². The molecule has 0 spiro atoms. The molecule has 0 saturated carbocycles. The van der Waals surface area contributed by atoms with Crippen molar-refractivity contribution < 1.29 is 17.9 Å². The average Bonchev–Trinajstić information content (AvgIpc) is 2.24. The second-order valence-electron chi connectivity index (χ2n) is 4.07. The molecule has 1 aliphatic heterocycles. The third kappa shape index (κ3) is 2.14. The zero-order chi connectivity index (χ0) is 12.6. The lowest BCUT2D eigenvalue weighted by Gasteiger charge is -2.32. The van der Waals surface area contributed by atoms with Crippen molar-refractivity contribution in [2.75, 3.05) is 16.6 Å². The van der Waals surface area contributed by atoms with E-state index in [1.54, 1.807) is 0 Å². The number of benzene rings is 1. The average molecular weight is 259 g/mol. The molecule has 0 fully saturated rings. The third-order valence-electron chi connectivity index (χ3n) is 2.75. The summed E-state index contributed by atoms with van der Waals surface area (Å²) in [5.74, 6) is -0.859. The molecule has 6 heteroatoms. The third-order valence-corrected chi connectivity index (χ3v) is 4.54. The van der Waals surface area contributed by atoms with Gasteiger partial charge < -0.3 is 5.11 Å². The Morgan fingerprint density at radius 1 is 1.53 bits per heavy atom. The number of hydrogen-bond acceptors (Lipinski definition) is 3. The van der Waals surface area contributed by atoms with Crippen LogP contribution in [0.4, 0.5) is 10.1 Å². The highest BCUT2D eigenvalue weighted by Crippen LogP contribution is 2.35. The van der Waals surface area contributed by atoms with E-state index < -0.39 is 21.9 Å². The number of aliphatic hydroxyl groups is 1. The molecule has 17 heavy (non-hydrogen) atoms. The molecule has 94 valence electrons. The number of aliphatic hydroxyl groups excluding tert-OH is 1. The minimum Gasteiger partial charge on any atom is -0.387 e. The number of hydrogen-bond donors (Lipinski definition) is 1. The molecule has 1 aromatic carbocycles. The van der Waals surface area contributed by atoms with Crippen molar-refractivity contribution in [3.05, 3.63) is 29.6 Å². The van der Waals surface area contributed by atoms with Gasteiger partial charge in [0.25, 0.3) is 0 Å². The fourth-order valence-electron chi connectivity index (χ4n) is 2.01. The molecular formula is C11H14FNO3S. The summed E-state index contributed by atoms with van der Waals surface area (Å²) >= 11 is 0. The van der Waals surface area contributed by atoms with Crippen LogP contribution in [0.5, 0.6) is 0 Å². The SMILES string of the molecule is CCCN1c2ccc(F)cc2[C@@H](O)CS1(=O)=O. The summed E-state index contributed by atoms with van der Waals surface area (Å²) < 4.78 is 38.1. The summed E-state index contributed by atoms with van der Waals surface area (Å²) in [6.07, 6.45) is -0.495. The molecule has 4 nitrogen and oxygen atoms in total. The van der Waals surface area contributed by atoms with E-state index in [2.05, 4.69) is 0 Å². The summed E-state index contributed by atoms with van der Waals surface area (Å²) in [5.41, 5.74) is 0.722. The fourth-order valence-corrected chi connectivity index (χ4v) is 3.70. The van der Waals surface area contributed by atoms with Gasteiger partial charge in [0.1, 0.15) is 5.82 Å². The van der Waals surface area contributed by atoms with Gasteiger partial charge in [-0.25, -0.2) is 12.8 Å². The van der Waals surface area contributed by atoms with Crippen molar-refractivity contribution in [3.63, 3.8) is 0 Å². The number of anilines is 1. The van der Waals surface area contributed by atoms with Crippen LogP contribution < -0.4 is 4.31 Å². The van der Waals surface area contributed by atoms with E-state index in [1.165, 1.54) is 22.5 Å².